The highest BCUT2D eigenvalue weighted by atomic mass is 35.5. The summed E-state index contributed by atoms with van der Waals surface area (Å²) in [6.07, 6.45) is 1.55. The number of hydrogen-bond acceptors (Lipinski definition) is 4. The average molecular weight is 219 g/mol. The van der Waals surface area contributed by atoms with Crippen molar-refractivity contribution >= 4 is 29.8 Å². The minimum Gasteiger partial charge on any atom is -0.469 e. The fourth-order valence-electron chi connectivity index (χ4n) is 0.751. The molecule has 0 saturated carbocycles. The van der Waals surface area contributed by atoms with Crippen LogP contribution in [-0.4, -0.2) is 23.0 Å². The van der Waals surface area contributed by atoms with E-state index in [0.717, 1.165) is 0 Å². The first-order valence-electron chi connectivity index (χ1n) is 3.44. The van der Waals surface area contributed by atoms with Crippen molar-refractivity contribution in [2.24, 2.45) is 0 Å². The Bertz CT molecular complexity index is 377. The van der Waals surface area contributed by atoms with Gasteiger partial charge in [-0.15, -0.1) is 0 Å². The van der Waals surface area contributed by atoms with Crippen LogP contribution < -0.4 is 0 Å². The maximum Gasteiger partial charge on any atom is 0.310 e. The number of halogens is 1. The van der Waals surface area contributed by atoms with Crippen LogP contribution in [0.25, 0.3) is 0 Å². The van der Waals surface area contributed by atoms with Crippen LogP contribution in [0.4, 0.5) is 0 Å². The van der Waals surface area contributed by atoms with Gasteiger partial charge >= 0.3 is 5.97 Å². The van der Waals surface area contributed by atoms with Crippen LogP contribution in [0.15, 0.2) is 6.20 Å². The summed E-state index contributed by atoms with van der Waals surface area (Å²) in [6, 6.07) is 0. The van der Waals surface area contributed by atoms with E-state index in [4.69, 9.17) is 23.8 Å². The number of nitrogens with one attached hydrogen (secondary N) is 1. The van der Waals surface area contributed by atoms with E-state index in [1.54, 1.807) is 0 Å². The summed E-state index contributed by atoms with van der Waals surface area (Å²) in [5.41, 5.74) is 0.571. The van der Waals surface area contributed by atoms with E-state index in [1.165, 1.54) is 13.3 Å². The third-order valence-electron chi connectivity index (χ3n) is 1.40. The minimum absolute atomic E-state index is 0.0917. The molecule has 1 aromatic rings. The zero-order valence-electron chi connectivity index (χ0n) is 6.83. The van der Waals surface area contributed by atoms with Crippen LogP contribution in [0.3, 0.4) is 0 Å². The van der Waals surface area contributed by atoms with Crippen molar-refractivity contribution in [1.29, 1.82) is 0 Å². The molecule has 1 heterocycles. The topological polar surface area (TPSA) is 55.0 Å². The highest BCUT2D eigenvalue weighted by Crippen LogP contribution is 2.11. The van der Waals surface area contributed by atoms with E-state index in [1.807, 2.05) is 0 Å². The second-order valence-electron chi connectivity index (χ2n) is 2.28. The third-order valence-corrected chi connectivity index (χ3v) is 1.94. The molecular weight excluding hydrogens is 212 g/mol. The average Bonchev–Trinajstić information content (AvgIpc) is 2.09. The Labute approximate surface area is 84.9 Å². The number of aromatic nitrogens is 2. The fourth-order valence-corrected chi connectivity index (χ4v) is 1.17. The zero-order valence-corrected chi connectivity index (χ0v) is 8.41. The van der Waals surface area contributed by atoms with Crippen molar-refractivity contribution in [1.82, 2.24) is 9.97 Å². The first-order valence-corrected chi connectivity index (χ1v) is 4.22. The largest absolute Gasteiger partial charge is 0.469 e. The first kappa shape index (κ1) is 10.1. The Balaban J connectivity index is 2.90. The molecule has 0 atom stereocenters. The van der Waals surface area contributed by atoms with Gasteiger partial charge in [0.1, 0.15) is 5.15 Å². The molecule has 0 aliphatic heterocycles. The number of nitrogens with zero attached hydrogens (tertiary/aromatic N) is 1. The highest BCUT2D eigenvalue weighted by molar-refractivity contribution is 7.71. The molecule has 0 unspecified atom stereocenters. The molecule has 70 valence electrons. The van der Waals surface area contributed by atoms with Crippen LogP contribution in [0.2, 0.25) is 5.15 Å². The summed E-state index contributed by atoms with van der Waals surface area (Å²) in [4.78, 5) is 17.3. The normalized spacial score (nSPS) is 9.69. The molecular formula is C7H7ClN2O2S. The monoisotopic (exact) mass is 218 g/mol. The number of H-pyrrole nitrogens is 1. The predicted molar refractivity (Wildman–Crippen MR) is 50.2 cm³/mol. The van der Waals surface area contributed by atoms with Gasteiger partial charge in [0.05, 0.1) is 13.5 Å². The number of hydrogen-bond donors (Lipinski definition) is 1. The van der Waals surface area contributed by atoms with Crippen molar-refractivity contribution in [3.05, 3.63) is 21.7 Å². The van der Waals surface area contributed by atoms with E-state index in [2.05, 4.69) is 14.7 Å². The van der Waals surface area contributed by atoms with Crippen molar-refractivity contribution in [2.75, 3.05) is 7.11 Å². The molecule has 1 aromatic heterocycles. The van der Waals surface area contributed by atoms with E-state index in [-0.39, 0.29) is 12.4 Å². The Morgan fingerprint density at radius 1 is 1.85 bits per heavy atom. The number of aromatic amines is 1. The van der Waals surface area contributed by atoms with Gasteiger partial charge in [-0.05, 0) is 12.2 Å². The Morgan fingerprint density at radius 3 is 3.08 bits per heavy atom. The number of rotatable bonds is 2. The molecule has 0 saturated heterocycles. The molecule has 0 bridgehead atoms. The smallest absolute Gasteiger partial charge is 0.310 e. The second kappa shape index (κ2) is 4.34. The molecule has 0 amide bonds. The Hall–Kier alpha value is -0.940. The van der Waals surface area contributed by atoms with Crippen molar-refractivity contribution in [2.45, 2.75) is 6.42 Å². The third kappa shape index (κ3) is 2.78. The van der Waals surface area contributed by atoms with Gasteiger partial charge < -0.3 is 9.72 Å². The van der Waals surface area contributed by atoms with Crippen molar-refractivity contribution in [3.63, 3.8) is 0 Å². The van der Waals surface area contributed by atoms with Gasteiger partial charge in [-0.1, -0.05) is 11.6 Å². The Kier molecular flexibility index (Phi) is 3.39. The lowest BCUT2D eigenvalue weighted by atomic mass is 10.2. The van der Waals surface area contributed by atoms with Crippen LogP contribution in [0, 0.1) is 4.77 Å². The first-order chi connectivity index (χ1) is 6.13. The summed E-state index contributed by atoms with van der Waals surface area (Å²) in [5, 5.41) is 0.324. The van der Waals surface area contributed by atoms with Gasteiger partial charge in [-0.2, -0.15) is 0 Å². The van der Waals surface area contributed by atoms with Gasteiger partial charge in [-0.3, -0.25) is 4.79 Å². The predicted octanol–water partition coefficient (Wildman–Crippen LogP) is 1.51. The SMILES string of the molecule is COC(=O)Cc1cnc(=S)[nH]c1Cl. The van der Waals surface area contributed by atoms with Crippen LogP contribution in [0.1, 0.15) is 5.56 Å². The van der Waals surface area contributed by atoms with E-state index >= 15 is 0 Å². The van der Waals surface area contributed by atoms with E-state index < -0.39 is 0 Å². The zero-order chi connectivity index (χ0) is 9.84. The lowest BCUT2D eigenvalue weighted by Crippen LogP contribution is -2.06. The summed E-state index contributed by atoms with van der Waals surface area (Å²) in [7, 11) is 1.31. The maximum absolute atomic E-state index is 10.9. The van der Waals surface area contributed by atoms with Crippen molar-refractivity contribution in [3.8, 4) is 0 Å². The second-order valence-corrected chi connectivity index (χ2v) is 3.05. The molecule has 0 aliphatic rings. The molecule has 0 radical (unpaired) electrons. The standard InChI is InChI=1S/C7H7ClN2O2S/c1-12-5(11)2-4-3-9-7(13)10-6(4)8/h3H,2H2,1H3,(H,9,10,13). The van der Waals surface area contributed by atoms with Crippen LogP contribution >= 0.6 is 23.8 Å². The molecule has 1 N–H and O–H groups in total. The fraction of sp³-hybridized carbons (Fsp3) is 0.286. The molecule has 1 rings (SSSR count). The summed E-state index contributed by atoms with van der Waals surface area (Å²) in [5.74, 6) is -0.366. The summed E-state index contributed by atoms with van der Waals surface area (Å²) in [6.45, 7) is 0. The van der Waals surface area contributed by atoms with Crippen LogP contribution in [-0.2, 0) is 16.0 Å². The molecule has 0 spiro atoms. The molecule has 4 nitrogen and oxygen atoms in total. The summed E-state index contributed by atoms with van der Waals surface area (Å²) < 4.78 is 4.76. The van der Waals surface area contributed by atoms with Gasteiger partial charge in [0.25, 0.3) is 0 Å². The van der Waals surface area contributed by atoms with Crippen molar-refractivity contribution < 1.29 is 9.53 Å². The van der Waals surface area contributed by atoms with Gasteiger partial charge in [-0.25, -0.2) is 4.98 Å². The highest BCUT2D eigenvalue weighted by Gasteiger charge is 2.06. The quantitative estimate of drug-likeness (QED) is 0.465. The maximum atomic E-state index is 10.9. The molecule has 0 fully saturated rings. The minimum atomic E-state index is -0.366. The van der Waals surface area contributed by atoms with E-state index in [0.29, 0.717) is 15.5 Å². The van der Waals surface area contributed by atoms with E-state index in [9.17, 15) is 4.79 Å². The van der Waals surface area contributed by atoms with Gasteiger partial charge in [0, 0.05) is 11.8 Å². The number of ether oxygens (including phenoxy) is 1. The molecule has 13 heavy (non-hydrogen) atoms. The Morgan fingerprint density at radius 2 is 2.54 bits per heavy atom. The van der Waals surface area contributed by atoms with Gasteiger partial charge in [0.2, 0.25) is 0 Å². The number of carbonyl (C=O) groups is 1. The number of carbonyl (C=O) groups excluding carboxylic acids is 1. The number of esters is 1. The molecule has 0 aliphatic carbocycles. The van der Waals surface area contributed by atoms with Crippen LogP contribution in [0.5, 0.6) is 0 Å². The number of methoxy groups -OCH3 is 1. The lowest BCUT2D eigenvalue weighted by Gasteiger charge is -2.01. The summed E-state index contributed by atoms with van der Waals surface area (Å²) >= 11 is 10.5. The lowest BCUT2D eigenvalue weighted by molar-refractivity contribution is -0.139. The molecule has 0 aromatic carbocycles. The van der Waals surface area contributed by atoms with Gasteiger partial charge in [0.15, 0.2) is 4.77 Å². The molecule has 6 heteroatoms.